The summed E-state index contributed by atoms with van der Waals surface area (Å²) in [5, 5.41) is 8.51. The molecule has 0 bridgehead atoms. The van der Waals surface area contributed by atoms with E-state index in [9.17, 15) is 8.42 Å². The predicted molar refractivity (Wildman–Crippen MR) is 92.7 cm³/mol. The first-order chi connectivity index (χ1) is 12.1. The van der Waals surface area contributed by atoms with Crippen LogP contribution >= 0.6 is 0 Å². The summed E-state index contributed by atoms with van der Waals surface area (Å²) in [7, 11) is -3.16. The van der Waals surface area contributed by atoms with Crippen LogP contribution in [0.3, 0.4) is 0 Å². The second kappa shape index (κ2) is 5.25. The third-order valence-corrected chi connectivity index (χ3v) is 7.89. The predicted octanol–water partition coefficient (Wildman–Crippen LogP) is 1.52. The molecular formula is C16H20N6O2S. The number of aromatic amines is 1. The van der Waals surface area contributed by atoms with Crippen molar-refractivity contribution in [2.45, 2.75) is 37.4 Å². The van der Waals surface area contributed by atoms with E-state index in [-0.39, 0.29) is 11.2 Å². The van der Waals surface area contributed by atoms with Gasteiger partial charge in [0.2, 0.25) is 10.0 Å². The monoisotopic (exact) mass is 360 g/mol. The maximum atomic E-state index is 12.7. The molecule has 0 aromatic carbocycles. The number of aromatic nitrogens is 5. The summed E-state index contributed by atoms with van der Waals surface area (Å²) in [6.45, 7) is 3.26. The van der Waals surface area contributed by atoms with Gasteiger partial charge in [0.1, 0.15) is 5.82 Å². The summed E-state index contributed by atoms with van der Waals surface area (Å²) in [6.07, 6.45) is 5.97. The first-order valence-electron chi connectivity index (χ1n) is 8.72. The average molecular weight is 360 g/mol. The highest BCUT2D eigenvalue weighted by Gasteiger charge is 2.43. The molecule has 132 valence electrons. The van der Waals surface area contributed by atoms with E-state index in [0.717, 1.165) is 36.3 Å². The van der Waals surface area contributed by atoms with Crippen LogP contribution in [0.15, 0.2) is 18.5 Å². The van der Waals surface area contributed by atoms with E-state index in [0.29, 0.717) is 24.7 Å². The molecule has 3 aromatic rings. The molecule has 1 aliphatic carbocycles. The molecule has 8 nitrogen and oxygen atoms in total. The van der Waals surface area contributed by atoms with Crippen LogP contribution in [0.25, 0.3) is 16.8 Å². The summed E-state index contributed by atoms with van der Waals surface area (Å²) < 4.78 is 29.0. The van der Waals surface area contributed by atoms with Crippen molar-refractivity contribution in [1.82, 2.24) is 28.9 Å². The topological polar surface area (TPSA) is 96.2 Å². The van der Waals surface area contributed by atoms with E-state index in [4.69, 9.17) is 0 Å². The summed E-state index contributed by atoms with van der Waals surface area (Å²) in [5.41, 5.74) is 2.39. The van der Waals surface area contributed by atoms with Gasteiger partial charge in [0.25, 0.3) is 0 Å². The van der Waals surface area contributed by atoms with Crippen molar-refractivity contribution in [2.75, 3.05) is 13.1 Å². The molecule has 25 heavy (non-hydrogen) atoms. The molecule has 2 aliphatic rings. The number of nitrogens with one attached hydrogen (secondary N) is 1. The van der Waals surface area contributed by atoms with Crippen molar-refractivity contribution in [3.63, 3.8) is 0 Å². The van der Waals surface area contributed by atoms with Crippen molar-refractivity contribution < 1.29 is 8.42 Å². The fourth-order valence-electron chi connectivity index (χ4n) is 3.82. The van der Waals surface area contributed by atoms with Crippen molar-refractivity contribution in [3.05, 3.63) is 24.3 Å². The molecule has 0 radical (unpaired) electrons. The minimum atomic E-state index is -3.16. The molecule has 9 heteroatoms. The minimum absolute atomic E-state index is 0.0257. The number of hydrogen-bond acceptors (Lipinski definition) is 5. The zero-order valence-corrected chi connectivity index (χ0v) is 14.8. The van der Waals surface area contributed by atoms with Gasteiger partial charge in [0, 0.05) is 25.2 Å². The van der Waals surface area contributed by atoms with Gasteiger partial charge >= 0.3 is 0 Å². The Bertz CT molecular complexity index is 1050. The highest BCUT2D eigenvalue weighted by molar-refractivity contribution is 7.90. The van der Waals surface area contributed by atoms with E-state index in [2.05, 4.69) is 27.1 Å². The van der Waals surface area contributed by atoms with Crippen LogP contribution in [0.2, 0.25) is 0 Å². The summed E-state index contributed by atoms with van der Waals surface area (Å²) in [5.74, 6) is 1.20. The second-order valence-electron chi connectivity index (χ2n) is 7.20. The number of fused-ring (bicyclic) bond motifs is 3. The summed E-state index contributed by atoms with van der Waals surface area (Å²) in [4.78, 5) is 7.45. The molecule has 3 aromatic heterocycles. The Morgan fingerprint density at radius 3 is 2.88 bits per heavy atom. The molecule has 1 N–H and O–H groups in total. The number of rotatable bonds is 3. The number of H-pyrrole nitrogens is 1. The fourth-order valence-corrected chi connectivity index (χ4v) is 5.70. The van der Waals surface area contributed by atoms with Crippen molar-refractivity contribution in [2.24, 2.45) is 5.92 Å². The maximum absolute atomic E-state index is 12.7. The Labute approximate surface area is 145 Å². The largest absolute Gasteiger partial charge is 0.345 e. The Morgan fingerprint density at radius 1 is 1.24 bits per heavy atom. The molecule has 1 aliphatic heterocycles. The molecule has 1 saturated carbocycles. The normalized spacial score (nSPS) is 25.8. The summed E-state index contributed by atoms with van der Waals surface area (Å²) >= 11 is 0. The van der Waals surface area contributed by atoms with Crippen LogP contribution in [0, 0.1) is 5.92 Å². The smallest absolute Gasteiger partial charge is 0.217 e. The fraction of sp³-hybridized carbons (Fsp3) is 0.562. The van der Waals surface area contributed by atoms with Crippen LogP contribution < -0.4 is 0 Å². The summed E-state index contributed by atoms with van der Waals surface area (Å²) in [6, 6.07) is 1.95. The van der Waals surface area contributed by atoms with Crippen molar-refractivity contribution >= 4 is 26.8 Å². The van der Waals surface area contributed by atoms with Gasteiger partial charge in [-0.05, 0) is 31.2 Å². The van der Waals surface area contributed by atoms with Crippen LogP contribution in [0.4, 0.5) is 0 Å². The average Bonchev–Trinajstić information content (AvgIpc) is 3.21. The molecular weight excluding hydrogens is 340 g/mol. The second-order valence-corrected chi connectivity index (χ2v) is 9.41. The molecule has 2 unspecified atom stereocenters. The van der Waals surface area contributed by atoms with Crippen LogP contribution in [-0.4, -0.2) is 55.6 Å². The Morgan fingerprint density at radius 2 is 2.08 bits per heavy atom. The lowest BCUT2D eigenvalue weighted by Crippen LogP contribution is -2.44. The van der Waals surface area contributed by atoms with Crippen molar-refractivity contribution in [3.8, 4) is 0 Å². The van der Waals surface area contributed by atoms with Gasteiger partial charge in [-0.2, -0.15) is 0 Å². The first-order valence-corrected chi connectivity index (χ1v) is 10.2. The van der Waals surface area contributed by atoms with E-state index in [1.165, 1.54) is 0 Å². The number of hydrogen-bond donors (Lipinski definition) is 1. The van der Waals surface area contributed by atoms with E-state index in [1.807, 2.05) is 16.7 Å². The minimum Gasteiger partial charge on any atom is -0.345 e. The molecule has 2 fully saturated rings. The molecule has 4 heterocycles. The van der Waals surface area contributed by atoms with E-state index in [1.54, 1.807) is 10.5 Å². The number of nitrogens with zero attached hydrogens (tertiary/aromatic N) is 5. The Hall–Kier alpha value is -2.00. The van der Waals surface area contributed by atoms with Crippen LogP contribution in [0.5, 0.6) is 0 Å². The van der Waals surface area contributed by atoms with Gasteiger partial charge in [0.05, 0.1) is 17.0 Å². The van der Waals surface area contributed by atoms with Crippen molar-refractivity contribution in [1.29, 1.82) is 0 Å². The third-order valence-electron chi connectivity index (χ3n) is 5.53. The standard InChI is InChI=1S/C16H20N6O2S/c1-10-5-7-21(25(23,24)11-2-3-11)9-12(10)16-20-19-14-8-18-15-13(22(14)16)4-6-17-15/h4,6,8,10-12,17H,2-3,5,7,9H2,1H3. The zero-order chi connectivity index (χ0) is 17.2. The SMILES string of the molecule is CC1CCN(S(=O)(=O)C2CC2)CC1c1nnc2cnc3[nH]ccc3n12. The van der Waals surface area contributed by atoms with Crippen LogP contribution in [-0.2, 0) is 10.0 Å². The lowest BCUT2D eigenvalue weighted by Gasteiger charge is -2.35. The van der Waals surface area contributed by atoms with Gasteiger partial charge in [-0.15, -0.1) is 10.2 Å². The molecule has 2 atom stereocenters. The van der Waals surface area contributed by atoms with Crippen LogP contribution in [0.1, 0.15) is 37.9 Å². The molecule has 5 rings (SSSR count). The molecule has 0 amide bonds. The zero-order valence-electron chi connectivity index (χ0n) is 14.0. The van der Waals surface area contributed by atoms with Gasteiger partial charge in [-0.25, -0.2) is 17.7 Å². The van der Waals surface area contributed by atoms with Gasteiger partial charge in [0.15, 0.2) is 11.3 Å². The lowest BCUT2D eigenvalue weighted by atomic mass is 9.87. The number of piperidine rings is 1. The first kappa shape index (κ1) is 15.3. The highest BCUT2D eigenvalue weighted by Crippen LogP contribution is 2.37. The number of sulfonamides is 1. The lowest BCUT2D eigenvalue weighted by molar-refractivity contribution is 0.244. The van der Waals surface area contributed by atoms with E-state index >= 15 is 0 Å². The Kier molecular flexibility index (Phi) is 3.21. The third kappa shape index (κ3) is 2.29. The van der Waals surface area contributed by atoms with Gasteiger partial charge in [-0.3, -0.25) is 4.40 Å². The maximum Gasteiger partial charge on any atom is 0.217 e. The highest BCUT2D eigenvalue weighted by atomic mass is 32.2. The van der Waals surface area contributed by atoms with Gasteiger partial charge < -0.3 is 4.98 Å². The molecule has 0 spiro atoms. The van der Waals surface area contributed by atoms with Gasteiger partial charge in [-0.1, -0.05) is 6.92 Å². The Balaban J connectivity index is 1.59. The quantitative estimate of drug-likeness (QED) is 0.764. The van der Waals surface area contributed by atoms with E-state index < -0.39 is 10.0 Å². The molecule has 1 saturated heterocycles.